The van der Waals surface area contributed by atoms with Crippen LogP contribution in [0.25, 0.3) is 0 Å². The maximum atomic E-state index is 12.3. The number of nitrogens with zero attached hydrogens (tertiary/aromatic N) is 1. The minimum atomic E-state index is -0.536. The predicted octanol–water partition coefficient (Wildman–Crippen LogP) is 2.93. The van der Waals surface area contributed by atoms with Crippen LogP contribution in [-0.4, -0.2) is 34.9 Å². The fourth-order valence-electron chi connectivity index (χ4n) is 2.68. The van der Waals surface area contributed by atoms with Gasteiger partial charge in [0.15, 0.2) is 0 Å². The van der Waals surface area contributed by atoms with E-state index in [2.05, 4.69) is 17.2 Å². The van der Waals surface area contributed by atoms with Crippen molar-refractivity contribution in [3.05, 3.63) is 12.0 Å². The molecule has 0 bridgehead atoms. The number of hydrogen-bond donors (Lipinski definition) is 1. The van der Waals surface area contributed by atoms with Crippen molar-refractivity contribution in [3.8, 4) is 0 Å². The Hall–Kier alpha value is -1.01. The summed E-state index contributed by atoms with van der Waals surface area (Å²) in [5.74, 6) is -0.120. The van der Waals surface area contributed by atoms with E-state index in [1.165, 1.54) is 0 Å². The molecule has 6 heteroatoms. The molecule has 1 aromatic heterocycles. The monoisotopic (exact) mass is 312 g/mol. The molecule has 2 unspecified atom stereocenters. The first kappa shape index (κ1) is 16.4. The Bertz CT molecular complexity index is 477. The third kappa shape index (κ3) is 4.01. The molecule has 1 fully saturated rings. The highest BCUT2D eigenvalue weighted by Crippen LogP contribution is 2.40. The van der Waals surface area contributed by atoms with Crippen molar-refractivity contribution in [2.24, 2.45) is 0 Å². The lowest BCUT2D eigenvalue weighted by Crippen LogP contribution is -2.51. The van der Waals surface area contributed by atoms with Gasteiger partial charge in [0, 0.05) is 5.25 Å². The number of nitrogens with one attached hydrogen (secondary N) is 1. The average molecular weight is 312 g/mol. The highest BCUT2D eigenvalue weighted by atomic mass is 32.2. The lowest BCUT2D eigenvalue weighted by atomic mass is 9.97. The molecule has 2 rings (SSSR count). The molecule has 2 atom stereocenters. The van der Waals surface area contributed by atoms with Gasteiger partial charge < -0.3 is 14.5 Å². The van der Waals surface area contributed by atoms with E-state index in [9.17, 15) is 4.79 Å². The Morgan fingerprint density at radius 1 is 1.62 bits per heavy atom. The second-order valence-electron chi connectivity index (χ2n) is 5.47. The Morgan fingerprint density at radius 2 is 2.43 bits per heavy atom. The maximum absolute atomic E-state index is 12.3. The van der Waals surface area contributed by atoms with Crippen molar-refractivity contribution in [2.45, 2.75) is 62.5 Å². The molecule has 1 aliphatic rings. The molecule has 0 aromatic carbocycles. The molecule has 1 aliphatic carbocycles. The predicted molar refractivity (Wildman–Crippen MR) is 82.4 cm³/mol. The number of carbonyl (C=O) groups excluding carboxylic acids is 1. The summed E-state index contributed by atoms with van der Waals surface area (Å²) in [5.41, 5.74) is 0.349. The first-order chi connectivity index (χ1) is 10.1. The van der Waals surface area contributed by atoms with Gasteiger partial charge in [-0.2, -0.15) is 0 Å². The van der Waals surface area contributed by atoms with Gasteiger partial charge in [-0.3, -0.25) is 4.79 Å². The summed E-state index contributed by atoms with van der Waals surface area (Å²) in [7, 11) is 0. The van der Waals surface area contributed by atoms with Crippen LogP contribution in [0.15, 0.2) is 15.9 Å². The van der Waals surface area contributed by atoms with Crippen LogP contribution in [0.3, 0.4) is 0 Å². The SMILES string of the molecule is CCCNC1(C(=O)OCC)CCC(Sc2nc(C)co2)C1. The average Bonchev–Trinajstić information content (AvgIpc) is 3.05. The van der Waals surface area contributed by atoms with Crippen LogP contribution in [0, 0.1) is 6.92 Å². The van der Waals surface area contributed by atoms with Crippen molar-refractivity contribution < 1.29 is 13.9 Å². The normalized spacial score (nSPS) is 25.2. The van der Waals surface area contributed by atoms with Gasteiger partial charge in [0.1, 0.15) is 11.8 Å². The number of hydrogen-bond acceptors (Lipinski definition) is 6. The van der Waals surface area contributed by atoms with Gasteiger partial charge in [-0.1, -0.05) is 18.7 Å². The number of aromatic nitrogens is 1. The molecular weight excluding hydrogens is 288 g/mol. The number of carbonyl (C=O) groups is 1. The Morgan fingerprint density at radius 3 is 3.05 bits per heavy atom. The van der Waals surface area contributed by atoms with Crippen molar-refractivity contribution in [2.75, 3.05) is 13.2 Å². The minimum Gasteiger partial charge on any atom is -0.465 e. The van der Waals surface area contributed by atoms with Gasteiger partial charge in [0.2, 0.25) is 0 Å². The van der Waals surface area contributed by atoms with Crippen molar-refractivity contribution in [1.82, 2.24) is 10.3 Å². The Balaban J connectivity index is 2.01. The number of oxazole rings is 1. The number of aryl methyl sites for hydroxylation is 1. The van der Waals surface area contributed by atoms with E-state index in [1.807, 2.05) is 13.8 Å². The van der Waals surface area contributed by atoms with Gasteiger partial charge in [-0.05, 0) is 46.1 Å². The number of esters is 1. The lowest BCUT2D eigenvalue weighted by Gasteiger charge is -2.28. The van der Waals surface area contributed by atoms with Gasteiger partial charge >= 0.3 is 5.97 Å². The summed E-state index contributed by atoms with van der Waals surface area (Å²) < 4.78 is 10.7. The fraction of sp³-hybridized carbons (Fsp3) is 0.733. The summed E-state index contributed by atoms with van der Waals surface area (Å²) in [6.45, 7) is 7.11. The van der Waals surface area contributed by atoms with Gasteiger partial charge in [0.05, 0.1) is 12.3 Å². The lowest BCUT2D eigenvalue weighted by molar-refractivity contribution is -0.151. The van der Waals surface area contributed by atoms with E-state index in [1.54, 1.807) is 18.0 Å². The van der Waals surface area contributed by atoms with Crippen LogP contribution in [0.4, 0.5) is 0 Å². The van der Waals surface area contributed by atoms with E-state index in [0.29, 0.717) is 17.1 Å². The molecule has 118 valence electrons. The van der Waals surface area contributed by atoms with E-state index in [4.69, 9.17) is 9.15 Å². The molecule has 1 saturated carbocycles. The van der Waals surface area contributed by atoms with Crippen LogP contribution in [-0.2, 0) is 9.53 Å². The number of rotatable bonds is 7. The summed E-state index contributed by atoms with van der Waals surface area (Å²) in [6, 6.07) is 0. The van der Waals surface area contributed by atoms with Crippen molar-refractivity contribution in [1.29, 1.82) is 0 Å². The molecule has 21 heavy (non-hydrogen) atoms. The molecule has 5 nitrogen and oxygen atoms in total. The first-order valence-corrected chi connectivity index (χ1v) is 8.48. The van der Waals surface area contributed by atoms with E-state index < -0.39 is 5.54 Å². The first-order valence-electron chi connectivity index (χ1n) is 7.60. The van der Waals surface area contributed by atoms with Gasteiger partial charge in [0.25, 0.3) is 5.22 Å². The third-order valence-corrected chi connectivity index (χ3v) is 4.84. The highest BCUT2D eigenvalue weighted by molar-refractivity contribution is 7.99. The van der Waals surface area contributed by atoms with Crippen LogP contribution >= 0.6 is 11.8 Å². The summed E-state index contributed by atoms with van der Waals surface area (Å²) in [4.78, 5) is 16.7. The van der Waals surface area contributed by atoms with E-state index in [-0.39, 0.29) is 5.97 Å². The largest absolute Gasteiger partial charge is 0.465 e. The Labute approximate surface area is 130 Å². The summed E-state index contributed by atoms with van der Waals surface area (Å²) in [6.07, 6.45) is 5.19. The highest BCUT2D eigenvalue weighted by Gasteiger charge is 2.46. The molecule has 0 saturated heterocycles. The molecule has 0 aliphatic heterocycles. The van der Waals surface area contributed by atoms with Crippen LogP contribution in [0.2, 0.25) is 0 Å². The van der Waals surface area contributed by atoms with E-state index in [0.717, 1.165) is 37.9 Å². The van der Waals surface area contributed by atoms with Crippen molar-refractivity contribution in [3.63, 3.8) is 0 Å². The fourth-order valence-corrected chi connectivity index (χ4v) is 3.87. The molecular formula is C15H24N2O3S. The smallest absolute Gasteiger partial charge is 0.326 e. The molecule has 1 N–H and O–H groups in total. The second-order valence-corrected chi connectivity index (χ2v) is 6.72. The number of ether oxygens (including phenoxy) is 1. The molecule has 1 aromatic rings. The summed E-state index contributed by atoms with van der Waals surface area (Å²) in [5, 5.41) is 4.43. The summed E-state index contributed by atoms with van der Waals surface area (Å²) >= 11 is 1.62. The third-order valence-electron chi connectivity index (χ3n) is 3.71. The number of thioether (sulfide) groups is 1. The zero-order valence-electron chi connectivity index (χ0n) is 13.0. The quantitative estimate of drug-likeness (QED) is 0.781. The topological polar surface area (TPSA) is 64.4 Å². The molecule has 0 amide bonds. The van der Waals surface area contributed by atoms with Crippen LogP contribution < -0.4 is 5.32 Å². The second kappa shape index (κ2) is 7.31. The van der Waals surface area contributed by atoms with Crippen molar-refractivity contribution >= 4 is 17.7 Å². The maximum Gasteiger partial charge on any atom is 0.326 e. The zero-order chi connectivity index (χ0) is 15.3. The zero-order valence-corrected chi connectivity index (χ0v) is 13.8. The molecule has 0 radical (unpaired) electrons. The van der Waals surface area contributed by atoms with Crippen LogP contribution in [0.1, 0.15) is 45.2 Å². The van der Waals surface area contributed by atoms with Gasteiger partial charge in [-0.25, -0.2) is 4.98 Å². The molecule has 1 heterocycles. The van der Waals surface area contributed by atoms with Crippen LogP contribution in [0.5, 0.6) is 0 Å². The molecule has 0 spiro atoms. The van der Waals surface area contributed by atoms with E-state index >= 15 is 0 Å². The minimum absolute atomic E-state index is 0.120. The standard InChI is InChI=1S/C15H24N2O3S/c1-4-8-16-15(13(18)19-5-2)7-6-12(9-15)21-14-17-11(3)10-20-14/h10,12,16H,4-9H2,1-3H3. The van der Waals surface area contributed by atoms with Gasteiger partial charge in [-0.15, -0.1) is 0 Å². The Kier molecular flexibility index (Phi) is 5.70.